The predicted octanol–water partition coefficient (Wildman–Crippen LogP) is 1.65. The van der Waals surface area contributed by atoms with Crippen LogP contribution in [0.1, 0.15) is 45.4 Å². The van der Waals surface area contributed by atoms with Crippen LogP contribution < -0.4 is 11.5 Å². The van der Waals surface area contributed by atoms with Gasteiger partial charge < -0.3 is 11.5 Å². The molecule has 1 atom stereocenters. The van der Waals surface area contributed by atoms with Crippen molar-refractivity contribution in [3.8, 4) is 0 Å². The average molecular weight is 236 g/mol. The highest BCUT2D eigenvalue weighted by Crippen LogP contribution is 2.59. The fraction of sp³-hybridized carbons (Fsp3) is 0.929. The first-order chi connectivity index (χ1) is 7.95. The number of carbonyl (C=O) groups excluding carboxylic acids is 1. The van der Waals surface area contributed by atoms with Gasteiger partial charge in [-0.05, 0) is 68.6 Å². The number of primary amides is 1. The molecule has 3 nitrogen and oxygen atoms in total. The second-order valence-corrected chi connectivity index (χ2v) is 7.11. The molecule has 0 aromatic carbocycles. The molecule has 3 heteroatoms. The van der Waals surface area contributed by atoms with Crippen LogP contribution in [0.15, 0.2) is 0 Å². The second kappa shape index (κ2) is 3.71. The van der Waals surface area contributed by atoms with Gasteiger partial charge in [0.1, 0.15) is 0 Å². The minimum Gasteiger partial charge on any atom is -0.370 e. The quantitative estimate of drug-likeness (QED) is 0.782. The van der Waals surface area contributed by atoms with E-state index < -0.39 is 0 Å². The summed E-state index contributed by atoms with van der Waals surface area (Å²) in [5, 5.41) is 0. The summed E-state index contributed by atoms with van der Waals surface area (Å²) in [6.07, 6.45) is 7.20. The summed E-state index contributed by atoms with van der Waals surface area (Å²) >= 11 is 0. The van der Waals surface area contributed by atoms with Crippen molar-refractivity contribution in [2.75, 3.05) is 0 Å². The van der Waals surface area contributed by atoms with Crippen molar-refractivity contribution in [2.45, 2.75) is 51.0 Å². The lowest BCUT2D eigenvalue weighted by molar-refractivity contribution is -0.122. The van der Waals surface area contributed by atoms with E-state index in [0.29, 0.717) is 12.3 Å². The first-order valence-electron chi connectivity index (χ1n) is 7.03. The van der Waals surface area contributed by atoms with Gasteiger partial charge >= 0.3 is 0 Å². The summed E-state index contributed by atoms with van der Waals surface area (Å²) in [6, 6.07) is 0. The van der Waals surface area contributed by atoms with E-state index in [1.54, 1.807) is 0 Å². The molecule has 4 aliphatic rings. The molecule has 1 unspecified atom stereocenters. The Balaban J connectivity index is 1.81. The second-order valence-electron chi connectivity index (χ2n) is 7.11. The van der Waals surface area contributed by atoms with E-state index in [0.717, 1.165) is 23.7 Å². The third kappa shape index (κ3) is 1.88. The van der Waals surface area contributed by atoms with Gasteiger partial charge in [0.15, 0.2) is 0 Å². The van der Waals surface area contributed by atoms with Crippen molar-refractivity contribution >= 4 is 5.91 Å². The Labute approximate surface area is 103 Å². The van der Waals surface area contributed by atoms with Gasteiger partial charge in [0.2, 0.25) is 5.91 Å². The fourth-order valence-electron chi connectivity index (χ4n) is 5.50. The third-order valence-corrected chi connectivity index (χ3v) is 5.54. The molecule has 0 heterocycles. The van der Waals surface area contributed by atoms with Crippen LogP contribution >= 0.6 is 0 Å². The Bertz CT molecular complexity index is 309. The summed E-state index contributed by atoms with van der Waals surface area (Å²) in [6.45, 7) is 2.05. The molecule has 4 saturated carbocycles. The first kappa shape index (κ1) is 11.5. The molecule has 0 aromatic heterocycles. The normalized spacial score (nSPS) is 46.8. The Hall–Kier alpha value is -0.570. The summed E-state index contributed by atoms with van der Waals surface area (Å²) < 4.78 is 0. The minimum atomic E-state index is -0.381. The van der Waals surface area contributed by atoms with Gasteiger partial charge in [-0.2, -0.15) is 0 Å². The summed E-state index contributed by atoms with van der Waals surface area (Å²) in [5.74, 6) is 3.73. The van der Waals surface area contributed by atoms with Crippen LogP contribution in [0.2, 0.25) is 0 Å². The summed E-state index contributed by atoms with van der Waals surface area (Å²) in [4.78, 5) is 11.2. The molecule has 4 aliphatic carbocycles. The van der Waals surface area contributed by atoms with Gasteiger partial charge in [0, 0.05) is 12.0 Å². The monoisotopic (exact) mass is 236 g/mol. The smallest absolute Gasteiger partial charge is 0.219 e. The number of hydrogen-bond donors (Lipinski definition) is 2. The summed E-state index contributed by atoms with van der Waals surface area (Å²) in [7, 11) is 0. The molecule has 0 radical (unpaired) electrons. The van der Waals surface area contributed by atoms with Crippen LogP contribution in [0.4, 0.5) is 0 Å². The molecule has 0 spiro atoms. The lowest BCUT2D eigenvalue weighted by Crippen LogP contribution is -2.58. The van der Waals surface area contributed by atoms with E-state index in [2.05, 4.69) is 0 Å². The minimum absolute atomic E-state index is 0.246. The molecule has 0 aromatic rings. The Morgan fingerprint density at radius 3 is 2.00 bits per heavy atom. The topological polar surface area (TPSA) is 69.1 Å². The van der Waals surface area contributed by atoms with Crippen molar-refractivity contribution in [3.63, 3.8) is 0 Å². The first-order valence-corrected chi connectivity index (χ1v) is 7.03. The van der Waals surface area contributed by atoms with E-state index in [1.165, 1.54) is 32.1 Å². The maximum Gasteiger partial charge on any atom is 0.219 e. The average Bonchev–Trinajstić information content (AvgIpc) is 2.11. The molecular formula is C14H24N2O. The van der Waals surface area contributed by atoms with Gasteiger partial charge in [0.05, 0.1) is 0 Å². The number of hydrogen-bond acceptors (Lipinski definition) is 2. The van der Waals surface area contributed by atoms with Crippen molar-refractivity contribution in [1.82, 2.24) is 0 Å². The largest absolute Gasteiger partial charge is 0.370 e. The van der Waals surface area contributed by atoms with E-state index >= 15 is 0 Å². The highest BCUT2D eigenvalue weighted by molar-refractivity contribution is 5.75. The molecule has 96 valence electrons. The maximum absolute atomic E-state index is 11.2. The van der Waals surface area contributed by atoms with Crippen molar-refractivity contribution < 1.29 is 4.79 Å². The maximum atomic E-state index is 11.2. The SMILES string of the molecule is CC(N)(CC(N)=O)C1C2CC3CC(C2)CC1C3. The molecule has 4 fully saturated rings. The molecule has 17 heavy (non-hydrogen) atoms. The molecule has 0 saturated heterocycles. The Kier molecular flexibility index (Phi) is 2.51. The van der Waals surface area contributed by atoms with Crippen molar-refractivity contribution in [3.05, 3.63) is 0 Å². The van der Waals surface area contributed by atoms with E-state index in [1.807, 2.05) is 6.92 Å². The van der Waals surface area contributed by atoms with Crippen LogP contribution in [0.25, 0.3) is 0 Å². The van der Waals surface area contributed by atoms with Gasteiger partial charge in [-0.15, -0.1) is 0 Å². The highest BCUT2D eigenvalue weighted by atomic mass is 16.1. The van der Waals surface area contributed by atoms with E-state index in [4.69, 9.17) is 11.5 Å². The zero-order valence-corrected chi connectivity index (χ0v) is 10.7. The van der Waals surface area contributed by atoms with Crippen molar-refractivity contribution in [1.29, 1.82) is 0 Å². The molecule has 0 aliphatic heterocycles. The van der Waals surface area contributed by atoms with E-state index in [9.17, 15) is 4.79 Å². The zero-order chi connectivity index (χ0) is 12.2. The van der Waals surface area contributed by atoms with Crippen LogP contribution in [0.5, 0.6) is 0 Å². The van der Waals surface area contributed by atoms with Gasteiger partial charge in [-0.1, -0.05) is 0 Å². The third-order valence-electron chi connectivity index (χ3n) is 5.54. The zero-order valence-electron chi connectivity index (χ0n) is 10.7. The predicted molar refractivity (Wildman–Crippen MR) is 66.9 cm³/mol. The molecule has 4 bridgehead atoms. The van der Waals surface area contributed by atoms with Gasteiger partial charge in [-0.3, -0.25) is 4.79 Å². The highest BCUT2D eigenvalue weighted by Gasteiger charge is 2.53. The van der Waals surface area contributed by atoms with E-state index in [-0.39, 0.29) is 11.4 Å². The van der Waals surface area contributed by atoms with Crippen LogP contribution in [0, 0.1) is 29.6 Å². The Morgan fingerprint density at radius 1 is 1.12 bits per heavy atom. The number of nitrogens with two attached hydrogens (primary N) is 2. The van der Waals surface area contributed by atoms with Gasteiger partial charge in [0.25, 0.3) is 0 Å². The number of rotatable bonds is 3. The molecular weight excluding hydrogens is 212 g/mol. The van der Waals surface area contributed by atoms with Gasteiger partial charge in [-0.25, -0.2) is 0 Å². The summed E-state index contributed by atoms with van der Waals surface area (Å²) in [5.41, 5.74) is 11.4. The van der Waals surface area contributed by atoms with Crippen molar-refractivity contribution in [2.24, 2.45) is 41.1 Å². The van der Waals surface area contributed by atoms with Crippen LogP contribution in [-0.2, 0) is 4.79 Å². The molecule has 4 N–H and O–H groups in total. The van der Waals surface area contributed by atoms with Crippen LogP contribution in [-0.4, -0.2) is 11.4 Å². The Morgan fingerprint density at radius 2 is 1.59 bits per heavy atom. The standard InChI is InChI=1S/C14H24N2O/c1-14(16,7-12(15)17)13-10-3-8-2-9(5-10)6-11(13)4-8/h8-11,13H,2-7,16H2,1H3,(H2,15,17). The lowest BCUT2D eigenvalue weighted by Gasteiger charge is -2.58. The molecule has 4 rings (SSSR count). The lowest BCUT2D eigenvalue weighted by atomic mass is 9.48. The molecule has 1 amide bonds. The number of amides is 1. The fourth-order valence-corrected chi connectivity index (χ4v) is 5.50. The number of carbonyl (C=O) groups is 1. The van der Waals surface area contributed by atoms with Crippen LogP contribution in [0.3, 0.4) is 0 Å².